The summed E-state index contributed by atoms with van der Waals surface area (Å²) >= 11 is 1.72. The van der Waals surface area contributed by atoms with E-state index in [1.54, 1.807) is 11.8 Å². The van der Waals surface area contributed by atoms with Crippen LogP contribution in [0.25, 0.3) is 0 Å². The number of rotatable bonds is 10. The van der Waals surface area contributed by atoms with Crippen LogP contribution in [0.2, 0.25) is 0 Å². The quantitative estimate of drug-likeness (QED) is 0.514. The van der Waals surface area contributed by atoms with Crippen molar-refractivity contribution in [1.29, 1.82) is 0 Å². The number of allylic oxidation sites excluding steroid dienone is 1. The van der Waals surface area contributed by atoms with Crippen molar-refractivity contribution in [3.8, 4) is 0 Å². The van der Waals surface area contributed by atoms with Crippen LogP contribution in [-0.4, -0.2) is 50.9 Å². The SMILES string of the molecule is CC1C=CSC1CCNC(=O)[C@H](O)[C@@H](O)C(=O)N(Cc1ccccc1)Cc1ccccc1. The van der Waals surface area contributed by atoms with E-state index in [-0.39, 0.29) is 13.1 Å². The van der Waals surface area contributed by atoms with E-state index in [0.29, 0.717) is 17.7 Å². The van der Waals surface area contributed by atoms with Gasteiger partial charge in [-0.2, -0.15) is 0 Å². The predicted molar refractivity (Wildman–Crippen MR) is 126 cm³/mol. The average molecular weight is 455 g/mol. The van der Waals surface area contributed by atoms with Gasteiger partial charge in [-0.1, -0.05) is 73.7 Å². The molecule has 2 unspecified atom stereocenters. The van der Waals surface area contributed by atoms with Crippen LogP contribution in [0.1, 0.15) is 24.5 Å². The van der Waals surface area contributed by atoms with E-state index >= 15 is 0 Å². The molecule has 1 heterocycles. The van der Waals surface area contributed by atoms with Crippen LogP contribution in [0.4, 0.5) is 0 Å². The minimum absolute atomic E-state index is 0.254. The molecular formula is C25H30N2O4S. The van der Waals surface area contributed by atoms with Crippen LogP contribution in [0.15, 0.2) is 72.1 Å². The lowest BCUT2D eigenvalue weighted by Gasteiger charge is -2.27. The Hall–Kier alpha value is -2.61. The highest BCUT2D eigenvalue weighted by Crippen LogP contribution is 2.31. The molecule has 1 aliphatic heterocycles. The summed E-state index contributed by atoms with van der Waals surface area (Å²) in [6.45, 7) is 3.00. The molecule has 2 aromatic rings. The third-order valence-electron chi connectivity index (χ3n) is 5.51. The van der Waals surface area contributed by atoms with Gasteiger partial charge in [-0.05, 0) is 28.9 Å². The second-order valence-electron chi connectivity index (χ2n) is 8.00. The highest BCUT2D eigenvalue weighted by Gasteiger charge is 2.33. The van der Waals surface area contributed by atoms with Gasteiger partial charge in [0.15, 0.2) is 12.2 Å². The Bertz CT molecular complexity index is 865. The number of nitrogens with one attached hydrogen (secondary N) is 1. The molecule has 0 spiro atoms. The second kappa shape index (κ2) is 11.9. The van der Waals surface area contributed by atoms with Gasteiger partial charge in [-0.3, -0.25) is 9.59 Å². The number of amides is 2. The molecule has 7 heteroatoms. The lowest BCUT2D eigenvalue weighted by molar-refractivity contribution is -0.154. The first-order valence-corrected chi connectivity index (χ1v) is 11.7. The molecule has 0 saturated carbocycles. The average Bonchev–Trinajstić information content (AvgIpc) is 3.23. The highest BCUT2D eigenvalue weighted by atomic mass is 32.2. The van der Waals surface area contributed by atoms with Crippen molar-refractivity contribution in [3.63, 3.8) is 0 Å². The normalized spacial score (nSPS) is 19.3. The zero-order chi connectivity index (χ0) is 22.9. The number of hydrogen-bond donors (Lipinski definition) is 3. The molecule has 3 N–H and O–H groups in total. The summed E-state index contributed by atoms with van der Waals surface area (Å²) in [5, 5.41) is 26.0. The standard InChI is InChI=1S/C25H30N2O4S/c1-18-13-15-32-21(18)12-14-26-24(30)22(28)23(29)25(31)27(16-19-8-4-2-5-9-19)17-20-10-6-3-7-11-20/h2-11,13,15,18,21-23,28-29H,12,14,16-17H2,1H3,(H,26,30)/t18?,21?,22-,23-/m1/s1. The molecule has 0 bridgehead atoms. The third kappa shape index (κ3) is 6.69. The zero-order valence-electron chi connectivity index (χ0n) is 18.1. The van der Waals surface area contributed by atoms with Crippen molar-refractivity contribution in [2.75, 3.05) is 6.54 Å². The monoisotopic (exact) mass is 454 g/mol. The summed E-state index contributed by atoms with van der Waals surface area (Å²) in [5.41, 5.74) is 1.78. The smallest absolute Gasteiger partial charge is 0.255 e. The highest BCUT2D eigenvalue weighted by molar-refractivity contribution is 8.03. The molecule has 170 valence electrons. The maximum atomic E-state index is 13.0. The zero-order valence-corrected chi connectivity index (χ0v) is 18.9. The Kier molecular flexibility index (Phi) is 8.90. The summed E-state index contributed by atoms with van der Waals surface area (Å²) in [6, 6.07) is 18.8. The van der Waals surface area contributed by atoms with E-state index in [1.807, 2.05) is 60.7 Å². The molecule has 32 heavy (non-hydrogen) atoms. The molecular weight excluding hydrogens is 424 g/mol. The minimum Gasteiger partial charge on any atom is -0.380 e. The van der Waals surface area contributed by atoms with Gasteiger partial charge in [0.05, 0.1) is 0 Å². The molecule has 2 amide bonds. The van der Waals surface area contributed by atoms with Crippen molar-refractivity contribution < 1.29 is 19.8 Å². The number of aliphatic hydroxyl groups excluding tert-OH is 2. The lowest BCUT2D eigenvalue weighted by Crippen LogP contribution is -2.50. The fourth-order valence-corrected chi connectivity index (χ4v) is 4.71. The van der Waals surface area contributed by atoms with Crippen molar-refractivity contribution >= 4 is 23.6 Å². The number of aliphatic hydroxyl groups is 2. The first kappa shape index (κ1) is 24.0. The van der Waals surface area contributed by atoms with Gasteiger partial charge in [0, 0.05) is 24.9 Å². The molecule has 3 rings (SSSR count). The predicted octanol–water partition coefficient (Wildman–Crippen LogP) is 2.71. The molecule has 0 aromatic heterocycles. The Morgan fingerprint density at radius 3 is 2.03 bits per heavy atom. The van der Waals surface area contributed by atoms with Crippen LogP contribution in [-0.2, 0) is 22.7 Å². The molecule has 6 nitrogen and oxygen atoms in total. The van der Waals surface area contributed by atoms with Gasteiger partial charge in [-0.25, -0.2) is 0 Å². The van der Waals surface area contributed by atoms with E-state index in [9.17, 15) is 19.8 Å². The maximum absolute atomic E-state index is 13.0. The van der Waals surface area contributed by atoms with E-state index in [1.165, 1.54) is 4.90 Å². The van der Waals surface area contributed by atoms with E-state index < -0.39 is 24.0 Å². The van der Waals surface area contributed by atoms with E-state index in [0.717, 1.165) is 17.5 Å². The fraction of sp³-hybridized carbons (Fsp3) is 0.360. The molecule has 0 aliphatic carbocycles. The van der Waals surface area contributed by atoms with Crippen LogP contribution in [0.3, 0.4) is 0 Å². The maximum Gasteiger partial charge on any atom is 0.255 e. The minimum atomic E-state index is -1.84. The van der Waals surface area contributed by atoms with Crippen molar-refractivity contribution in [2.24, 2.45) is 5.92 Å². The van der Waals surface area contributed by atoms with E-state index in [4.69, 9.17) is 0 Å². The summed E-state index contributed by atoms with van der Waals surface area (Å²) in [5.74, 6) is -1.00. The molecule has 2 aromatic carbocycles. The van der Waals surface area contributed by atoms with Crippen LogP contribution in [0.5, 0.6) is 0 Å². The number of thioether (sulfide) groups is 1. The van der Waals surface area contributed by atoms with Crippen LogP contribution in [0, 0.1) is 5.92 Å². The number of benzene rings is 2. The van der Waals surface area contributed by atoms with Gasteiger partial charge in [-0.15, -0.1) is 11.8 Å². The topological polar surface area (TPSA) is 89.9 Å². The number of carbonyl (C=O) groups is 2. The van der Waals surface area contributed by atoms with Gasteiger partial charge in [0.25, 0.3) is 11.8 Å². The first-order valence-electron chi connectivity index (χ1n) is 10.8. The number of nitrogens with zero attached hydrogens (tertiary/aromatic N) is 1. The summed E-state index contributed by atoms with van der Waals surface area (Å²) in [7, 11) is 0. The van der Waals surface area contributed by atoms with Crippen LogP contribution >= 0.6 is 11.8 Å². The van der Waals surface area contributed by atoms with Crippen molar-refractivity contribution in [1.82, 2.24) is 10.2 Å². The van der Waals surface area contributed by atoms with Crippen LogP contribution < -0.4 is 5.32 Å². The summed E-state index contributed by atoms with van der Waals surface area (Å²) in [4.78, 5) is 26.9. The molecule has 1 aliphatic rings. The molecule has 0 saturated heterocycles. The van der Waals surface area contributed by atoms with Crippen molar-refractivity contribution in [2.45, 2.75) is 43.9 Å². The summed E-state index contributed by atoms with van der Waals surface area (Å²) in [6.07, 6.45) is -0.801. The molecule has 4 atom stereocenters. The Labute approximate surface area is 193 Å². The van der Waals surface area contributed by atoms with Gasteiger partial charge in [0.1, 0.15) is 0 Å². The van der Waals surface area contributed by atoms with Crippen molar-refractivity contribution in [3.05, 3.63) is 83.3 Å². The molecule has 0 fully saturated rings. The van der Waals surface area contributed by atoms with Gasteiger partial charge < -0.3 is 20.4 Å². The third-order valence-corrected chi connectivity index (χ3v) is 6.84. The fourth-order valence-electron chi connectivity index (χ4n) is 3.58. The van der Waals surface area contributed by atoms with Gasteiger partial charge >= 0.3 is 0 Å². The van der Waals surface area contributed by atoms with Gasteiger partial charge in [0.2, 0.25) is 0 Å². The number of hydrogen-bond acceptors (Lipinski definition) is 5. The van der Waals surface area contributed by atoms with E-state index in [2.05, 4.69) is 23.7 Å². The summed E-state index contributed by atoms with van der Waals surface area (Å²) < 4.78 is 0. The first-order chi connectivity index (χ1) is 15.5. The second-order valence-corrected chi connectivity index (χ2v) is 9.15. The lowest BCUT2D eigenvalue weighted by atomic mass is 10.1. The Morgan fingerprint density at radius 1 is 0.969 bits per heavy atom. The molecule has 0 radical (unpaired) electrons. The Morgan fingerprint density at radius 2 is 1.53 bits per heavy atom. The Balaban J connectivity index is 1.60. The number of carbonyl (C=O) groups excluding carboxylic acids is 2. The largest absolute Gasteiger partial charge is 0.380 e.